The third-order valence-corrected chi connectivity index (χ3v) is 5.96. The maximum Gasteiger partial charge on any atom is 0.241 e. The van der Waals surface area contributed by atoms with Crippen LogP contribution >= 0.6 is 11.6 Å². The predicted molar refractivity (Wildman–Crippen MR) is 137 cm³/mol. The Balaban J connectivity index is 1.39. The van der Waals surface area contributed by atoms with Gasteiger partial charge in [0.2, 0.25) is 5.91 Å². The van der Waals surface area contributed by atoms with Crippen molar-refractivity contribution < 1.29 is 4.79 Å². The Hall–Kier alpha value is -3.31. The largest absolute Gasteiger partial charge is 0.372 e. The van der Waals surface area contributed by atoms with Gasteiger partial charge in [-0.2, -0.15) is 5.10 Å². The van der Waals surface area contributed by atoms with Gasteiger partial charge < -0.3 is 10.2 Å². The van der Waals surface area contributed by atoms with Crippen LogP contribution in [0, 0.1) is 6.92 Å². The Morgan fingerprint density at radius 1 is 1.06 bits per heavy atom. The van der Waals surface area contributed by atoms with Crippen molar-refractivity contribution in [3.8, 4) is 11.3 Å². The molecule has 0 fully saturated rings. The van der Waals surface area contributed by atoms with E-state index in [0.29, 0.717) is 11.6 Å². The van der Waals surface area contributed by atoms with Gasteiger partial charge in [-0.1, -0.05) is 54.1 Å². The fraction of sp³-hybridized carbons (Fsp3) is 0.259. The molecule has 6 heteroatoms. The summed E-state index contributed by atoms with van der Waals surface area (Å²) in [4.78, 5) is 15.0. The zero-order chi connectivity index (χ0) is 23.2. The number of amides is 1. The third-order valence-electron chi connectivity index (χ3n) is 5.73. The van der Waals surface area contributed by atoms with Gasteiger partial charge in [-0.3, -0.25) is 9.48 Å². The molecule has 0 atom stereocenters. The van der Waals surface area contributed by atoms with Gasteiger partial charge in [0, 0.05) is 41.3 Å². The van der Waals surface area contributed by atoms with Gasteiger partial charge >= 0.3 is 0 Å². The first kappa shape index (κ1) is 22.9. The second kappa shape index (κ2) is 10.5. The van der Waals surface area contributed by atoms with Crippen LogP contribution in [0.15, 0.2) is 72.8 Å². The Morgan fingerprint density at radius 3 is 2.64 bits per heavy atom. The highest BCUT2D eigenvalue weighted by Gasteiger charge is 2.15. The number of carbonyl (C=O) groups is 1. The van der Waals surface area contributed by atoms with Gasteiger partial charge in [-0.25, -0.2) is 0 Å². The van der Waals surface area contributed by atoms with Gasteiger partial charge in [0.25, 0.3) is 0 Å². The monoisotopic (exact) mass is 460 g/mol. The van der Waals surface area contributed by atoms with E-state index in [1.54, 1.807) is 4.68 Å². The van der Waals surface area contributed by atoms with E-state index in [4.69, 9.17) is 16.7 Å². The number of fused-ring (bicyclic) bond motifs is 1. The van der Waals surface area contributed by atoms with Gasteiger partial charge in [0.1, 0.15) is 12.2 Å². The molecule has 0 aliphatic rings. The van der Waals surface area contributed by atoms with Crippen molar-refractivity contribution in [2.24, 2.45) is 0 Å². The number of aromatic nitrogens is 2. The lowest BCUT2D eigenvalue weighted by molar-refractivity contribution is -0.121. The summed E-state index contributed by atoms with van der Waals surface area (Å²) in [5, 5.41) is 9.39. The van der Waals surface area contributed by atoms with Crippen molar-refractivity contribution in [1.82, 2.24) is 15.1 Å². The minimum absolute atomic E-state index is 0.0486. The fourth-order valence-corrected chi connectivity index (χ4v) is 4.24. The summed E-state index contributed by atoms with van der Waals surface area (Å²) in [5.74, 6) is -0.0486. The molecule has 0 spiro atoms. The number of anilines is 1. The third kappa shape index (κ3) is 5.55. The quantitative estimate of drug-likeness (QED) is 0.326. The van der Waals surface area contributed by atoms with Crippen molar-refractivity contribution in [3.05, 3.63) is 83.4 Å². The highest BCUT2D eigenvalue weighted by molar-refractivity contribution is 6.31. The Labute approximate surface area is 200 Å². The molecule has 4 rings (SSSR count). The summed E-state index contributed by atoms with van der Waals surface area (Å²) >= 11 is 6.25. The van der Waals surface area contributed by atoms with Crippen molar-refractivity contribution in [1.29, 1.82) is 0 Å². The molecule has 33 heavy (non-hydrogen) atoms. The zero-order valence-electron chi connectivity index (χ0n) is 19.1. The predicted octanol–water partition coefficient (Wildman–Crippen LogP) is 5.70. The lowest BCUT2D eigenvalue weighted by Gasteiger charge is -2.23. The molecule has 0 radical (unpaired) electrons. The minimum Gasteiger partial charge on any atom is -0.372 e. The van der Waals surface area contributed by atoms with E-state index in [2.05, 4.69) is 48.3 Å². The van der Waals surface area contributed by atoms with E-state index in [9.17, 15) is 4.79 Å². The number of rotatable bonds is 9. The number of nitrogens with zero attached hydrogens (tertiary/aromatic N) is 3. The number of aryl methyl sites for hydroxylation is 1. The molecule has 1 N–H and O–H groups in total. The van der Waals surface area contributed by atoms with Gasteiger partial charge in [0.15, 0.2) is 0 Å². The normalized spacial score (nSPS) is 11.0. The Morgan fingerprint density at radius 2 is 1.88 bits per heavy atom. The van der Waals surface area contributed by atoms with E-state index in [1.807, 2.05) is 48.5 Å². The van der Waals surface area contributed by atoms with Crippen molar-refractivity contribution in [2.45, 2.75) is 26.8 Å². The maximum atomic E-state index is 12.7. The molecular weight excluding hydrogens is 432 g/mol. The molecule has 3 aromatic carbocycles. The highest BCUT2D eigenvalue weighted by Crippen LogP contribution is 2.30. The zero-order valence-corrected chi connectivity index (χ0v) is 19.8. The molecule has 1 heterocycles. The van der Waals surface area contributed by atoms with Crippen molar-refractivity contribution >= 4 is 34.1 Å². The molecule has 0 unspecified atom stereocenters. The van der Waals surface area contributed by atoms with Crippen LogP contribution in [0.1, 0.15) is 18.9 Å². The second-order valence-electron chi connectivity index (χ2n) is 8.16. The molecular formula is C27H29ClN4O. The minimum atomic E-state index is -0.0486. The van der Waals surface area contributed by atoms with Crippen LogP contribution in [0.3, 0.4) is 0 Å². The number of carbonyl (C=O) groups excluding carboxylic acids is 1. The number of halogens is 1. The summed E-state index contributed by atoms with van der Waals surface area (Å²) in [5.41, 5.74) is 5.20. The molecule has 1 aromatic heterocycles. The fourth-order valence-electron chi connectivity index (χ4n) is 4.07. The summed E-state index contributed by atoms with van der Waals surface area (Å²) in [6, 6.07) is 24.1. The Bertz CT molecular complexity index is 1240. The highest BCUT2D eigenvalue weighted by atomic mass is 35.5. The standard InChI is InChI=1S/C27H29ClN4O/c1-3-31(23-12-7-9-20(2)17-23)16-8-15-29-26(33)19-32-25-14-13-22(28)18-24(25)27(30-32)21-10-5-4-6-11-21/h4-7,9-14,17-18H,3,8,15-16,19H2,1-2H3,(H,29,33). The van der Waals surface area contributed by atoms with Gasteiger partial charge in [-0.15, -0.1) is 0 Å². The summed E-state index contributed by atoms with van der Waals surface area (Å²) in [7, 11) is 0. The number of hydrogen-bond acceptors (Lipinski definition) is 3. The van der Waals surface area contributed by atoms with Gasteiger partial charge in [-0.05, 0) is 56.2 Å². The van der Waals surface area contributed by atoms with Crippen LogP contribution in [-0.4, -0.2) is 35.3 Å². The molecule has 4 aromatic rings. The average molecular weight is 461 g/mol. The van der Waals surface area contributed by atoms with Crippen LogP contribution in [0.5, 0.6) is 0 Å². The maximum absolute atomic E-state index is 12.7. The molecule has 5 nitrogen and oxygen atoms in total. The van der Waals surface area contributed by atoms with Gasteiger partial charge in [0.05, 0.1) is 5.52 Å². The van der Waals surface area contributed by atoms with Crippen LogP contribution in [0.4, 0.5) is 5.69 Å². The molecule has 0 aliphatic heterocycles. The van der Waals surface area contributed by atoms with E-state index < -0.39 is 0 Å². The number of hydrogen-bond donors (Lipinski definition) is 1. The number of benzene rings is 3. The summed E-state index contributed by atoms with van der Waals surface area (Å²) in [6.45, 7) is 6.87. The topological polar surface area (TPSA) is 50.2 Å². The van der Waals surface area contributed by atoms with E-state index in [0.717, 1.165) is 41.7 Å². The molecule has 0 bridgehead atoms. The van der Waals surface area contributed by atoms with E-state index in [1.165, 1.54) is 11.3 Å². The molecule has 1 amide bonds. The first-order valence-electron chi connectivity index (χ1n) is 11.3. The lowest BCUT2D eigenvalue weighted by Crippen LogP contribution is -2.32. The average Bonchev–Trinajstić information content (AvgIpc) is 3.17. The van der Waals surface area contributed by atoms with Crippen LogP contribution < -0.4 is 10.2 Å². The SMILES string of the molecule is CCN(CCCNC(=O)Cn1nc(-c2ccccc2)c2cc(Cl)ccc21)c1cccc(C)c1. The Kier molecular flexibility index (Phi) is 7.30. The summed E-state index contributed by atoms with van der Waals surface area (Å²) < 4.78 is 1.76. The molecule has 0 saturated heterocycles. The van der Waals surface area contributed by atoms with E-state index >= 15 is 0 Å². The smallest absolute Gasteiger partial charge is 0.241 e. The van der Waals surface area contributed by atoms with E-state index in [-0.39, 0.29) is 12.5 Å². The molecule has 170 valence electrons. The van der Waals surface area contributed by atoms with Crippen LogP contribution in [0.25, 0.3) is 22.2 Å². The second-order valence-corrected chi connectivity index (χ2v) is 8.59. The first-order valence-corrected chi connectivity index (χ1v) is 11.7. The molecule has 0 aliphatic carbocycles. The molecule has 0 saturated carbocycles. The summed E-state index contributed by atoms with van der Waals surface area (Å²) in [6.07, 6.45) is 0.873. The van der Waals surface area contributed by atoms with Crippen molar-refractivity contribution in [2.75, 3.05) is 24.5 Å². The van der Waals surface area contributed by atoms with Crippen LogP contribution in [0.2, 0.25) is 5.02 Å². The number of nitrogens with one attached hydrogen (secondary N) is 1. The van der Waals surface area contributed by atoms with Crippen LogP contribution in [-0.2, 0) is 11.3 Å². The first-order chi connectivity index (χ1) is 16.0. The van der Waals surface area contributed by atoms with Crippen molar-refractivity contribution in [3.63, 3.8) is 0 Å². The lowest BCUT2D eigenvalue weighted by atomic mass is 10.1.